The molecule has 0 aliphatic carbocycles. The van der Waals surface area contributed by atoms with Gasteiger partial charge in [-0.15, -0.1) is 0 Å². The molecule has 2 aromatic carbocycles. The van der Waals surface area contributed by atoms with Gasteiger partial charge in [0.1, 0.15) is 5.75 Å². The van der Waals surface area contributed by atoms with E-state index >= 15 is 0 Å². The number of urea groups is 1. The number of phenols is 1. The zero-order chi connectivity index (χ0) is 15.8. The Hall–Kier alpha value is -2.46. The van der Waals surface area contributed by atoms with Crippen LogP contribution in [-0.2, 0) is 6.42 Å². The van der Waals surface area contributed by atoms with E-state index in [0.717, 1.165) is 11.1 Å². The first-order valence-electron chi connectivity index (χ1n) is 6.88. The molecule has 0 radical (unpaired) electrons. The van der Waals surface area contributed by atoms with E-state index in [1.807, 2.05) is 30.3 Å². The van der Waals surface area contributed by atoms with Crippen LogP contribution >= 0.6 is 11.6 Å². The third-order valence-electron chi connectivity index (χ3n) is 2.97. The van der Waals surface area contributed by atoms with Crippen LogP contribution in [0.4, 0.5) is 4.79 Å². The van der Waals surface area contributed by atoms with Crippen molar-refractivity contribution in [2.45, 2.75) is 6.42 Å². The summed E-state index contributed by atoms with van der Waals surface area (Å²) >= 11 is 5.87. The third-order valence-corrected chi connectivity index (χ3v) is 3.21. The first kappa shape index (κ1) is 15.9. The second-order valence-electron chi connectivity index (χ2n) is 4.71. The molecule has 22 heavy (non-hydrogen) atoms. The Morgan fingerprint density at radius 3 is 2.68 bits per heavy atom. The van der Waals surface area contributed by atoms with Crippen molar-refractivity contribution in [1.82, 2.24) is 10.6 Å². The third kappa shape index (κ3) is 5.50. The van der Waals surface area contributed by atoms with Crippen molar-refractivity contribution >= 4 is 23.7 Å². The van der Waals surface area contributed by atoms with Gasteiger partial charge in [-0.05, 0) is 47.9 Å². The molecule has 0 fully saturated rings. The number of carbonyl (C=O) groups is 1. The van der Waals surface area contributed by atoms with Crippen LogP contribution in [0.5, 0.6) is 5.75 Å². The normalized spacial score (nSPS) is 10.6. The average Bonchev–Trinajstić information content (AvgIpc) is 2.49. The van der Waals surface area contributed by atoms with E-state index in [2.05, 4.69) is 10.6 Å². The predicted molar refractivity (Wildman–Crippen MR) is 88.8 cm³/mol. The SMILES string of the molecule is O=C(N/C=C/c1cccc(Cl)c1)NCCc1ccc(O)cc1. The maximum Gasteiger partial charge on any atom is 0.318 e. The topological polar surface area (TPSA) is 61.4 Å². The van der Waals surface area contributed by atoms with Crippen LogP contribution in [0.25, 0.3) is 6.08 Å². The maximum absolute atomic E-state index is 11.6. The molecule has 0 unspecified atom stereocenters. The Bertz CT molecular complexity index is 654. The van der Waals surface area contributed by atoms with Gasteiger partial charge in [0, 0.05) is 17.8 Å². The van der Waals surface area contributed by atoms with Gasteiger partial charge in [-0.25, -0.2) is 4.79 Å². The maximum atomic E-state index is 11.6. The van der Waals surface area contributed by atoms with Gasteiger partial charge in [0.05, 0.1) is 0 Å². The summed E-state index contributed by atoms with van der Waals surface area (Å²) in [5.74, 6) is 0.237. The van der Waals surface area contributed by atoms with Crippen LogP contribution in [-0.4, -0.2) is 17.7 Å². The fraction of sp³-hybridized carbons (Fsp3) is 0.118. The number of rotatable bonds is 5. The van der Waals surface area contributed by atoms with Gasteiger partial charge < -0.3 is 15.7 Å². The van der Waals surface area contributed by atoms with Gasteiger partial charge in [0.15, 0.2) is 0 Å². The van der Waals surface area contributed by atoms with Gasteiger partial charge >= 0.3 is 6.03 Å². The summed E-state index contributed by atoms with van der Waals surface area (Å²) in [6.07, 6.45) is 4.04. The molecule has 0 aliphatic rings. The Balaban J connectivity index is 1.70. The minimum atomic E-state index is -0.267. The lowest BCUT2D eigenvalue weighted by Crippen LogP contribution is -2.33. The summed E-state index contributed by atoms with van der Waals surface area (Å²) in [6, 6.07) is 14.0. The summed E-state index contributed by atoms with van der Waals surface area (Å²) in [6.45, 7) is 0.515. The number of nitrogens with one attached hydrogen (secondary N) is 2. The van der Waals surface area contributed by atoms with Crippen LogP contribution in [0.1, 0.15) is 11.1 Å². The van der Waals surface area contributed by atoms with E-state index < -0.39 is 0 Å². The largest absolute Gasteiger partial charge is 0.508 e. The lowest BCUT2D eigenvalue weighted by atomic mass is 10.1. The van der Waals surface area contributed by atoms with Crippen LogP contribution in [0.3, 0.4) is 0 Å². The highest BCUT2D eigenvalue weighted by molar-refractivity contribution is 6.30. The molecule has 114 valence electrons. The number of hydrogen-bond acceptors (Lipinski definition) is 2. The molecule has 0 spiro atoms. The van der Waals surface area contributed by atoms with Gasteiger partial charge in [0.25, 0.3) is 0 Å². The van der Waals surface area contributed by atoms with Crippen molar-refractivity contribution in [3.05, 3.63) is 70.9 Å². The highest BCUT2D eigenvalue weighted by Gasteiger charge is 1.98. The monoisotopic (exact) mass is 316 g/mol. The summed E-state index contributed by atoms with van der Waals surface area (Å²) < 4.78 is 0. The van der Waals surface area contributed by atoms with E-state index in [1.54, 1.807) is 30.5 Å². The number of halogens is 1. The van der Waals surface area contributed by atoms with E-state index in [-0.39, 0.29) is 11.8 Å². The molecule has 4 nitrogen and oxygen atoms in total. The van der Waals surface area contributed by atoms with Gasteiger partial charge in [-0.1, -0.05) is 35.9 Å². The molecule has 2 rings (SSSR count). The summed E-state index contributed by atoms with van der Waals surface area (Å²) in [7, 11) is 0. The molecule has 3 N–H and O–H groups in total. The summed E-state index contributed by atoms with van der Waals surface area (Å²) in [5.41, 5.74) is 1.96. The van der Waals surface area contributed by atoms with Gasteiger partial charge in [-0.3, -0.25) is 0 Å². The smallest absolute Gasteiger partial charge is 0.318 e. The van der Waals surface area contributed by atoms with Crippen molar-refractivity contribution < 1.29 is 9.90 Å². The summed E-state index contributed by atoms with van der Waals surface area (Å²) in [5, 5.41) is 15.2. The Labute approximate surface area is 134 Å². The molecule has 0 atom stereocenters. The standard InChI is InChI=1S/C17H17ClN2O2/c18-15-3-1-2-14(12-15)9-11-20-17(22)19-10-8-13-4-6-16(21)7-5-13/h1-7,9,11-12,21H,8,10H2,(H2,19,20,22)/b11-9+. The molecule has 0 heterocycles. The number of benzene rings is 2. The molecule has 2 aromatic rings. The fourth-order valence-corrected chi connectivity index (χ4v) is 2.06. The summed E-state index contributed by atoms with van der Waals surface area (Å²) in [4.78, 5) is 11.6. The van der Waals surface area contributed by atoms with Crippen molar-refractivity contribution in [1.29, 1.82) is 0 Å². The Kier molecular flexibility index (Phi) is 5.86. The molecule has 0 bridgehead atoms. The number of amides is 2. The number of aromatic hydroxyl groups is 1. The Morgan fingerprint density at radius 1 is 1.18 bits per heavy atom. The van der Waals surface area contributed by atoms with E-state index in [4.69, 9.17) is 11.6 Å². The quantitative estimate of drug-likeness (QED) is 0.790. The van der Waals surface area contributed by atoms with Crippen LogP contribution in [0.2, 0.25) is 5.02 Å². The molecule has 0 saturated carbocycles. The van der Waals surface area contributed by atoms with E-state index in [9.17, 15) is 9.90 Å². The van der Waals surface area contributed by atoms with Gasteiger partial charge in [-0.2, -0.15) is 0 Å². The second kappa shape index (κ2) is 8.10. The van der Waals surface area contributed by atoms with E-state index in [1.165, 1.54) is 0 Å². The molecular formula is C17H17ClN2O2. The fourth-order valence-electron chi connectivity index (χ4n) is 1.86. The molecule has 0 aliphatic heterocycles. The zero-order valence-electron chi connectivity index (χ0n) is 11.9. The average molecular weight is 317 g/mol. The van der Waals surface area contributed by atoms with Crippen molar-refractivity contribution in [2.75, 3.05) is 6.54 Å². The highest BCUT2D eigenvalue weighted by Crippen LogP contribution is 2.11. The number of hydrogen-bond donors (Lipinski definition) is 3. The first-order chi connectivity index (χ1) is 10.6. The Morgan fingerprint density at radius 2 is 1.95 bits per heavy atom. The minimum Gasteiger partial charge on any atom is -0.508 e. The second-order valence-corrected chi connectivity index (χ2v) is 5.14. The minimum absolute atomic E-state index is 0.237. The van der Waals surface area contributed by atoms with Gasteiger partial charge in [0.2, 0.25) is 0 Å². The van der Waals surface area contributed by atoms with E-state index in [0.29, 0.717) is 18.0 Å². The molecule has 0 saturated heterocycles. The number of phenolic OH excluding ortho intramolecular Hbond substituents is 1. The first-order valence-corrected chi connectivity index (χ1v) is 7.26. The molecule has 2 amide bonds. The van der Waals surface area contributed by atoms with Crippen LogP contribution in [0.15, 0.2) is 54.7 Å². The zero-order valence-corrected chi connectivity index (χ0v) is 12.7. The molecule has 0 aromatic heterocycles. The number of carbonyl (C=O) groups excluding carboxylic acids is 1. The van der Waals surface area contributed by atoms with Crippen LogP contribution < -0.4 is 10.6 Å². The lowest BCUT2D eigenvalue weighted by Gasteiger charge is -2.05. The van der Waals surface area contributed by atoms with Crippen molar-refractivity contribution in [2.24, 2.45) is 0 Å². The highest BCUT2D eigenvalue weighted by atomic mass is 35.5. The van der Waals surface area contributed by atoms with Crippen molar-refractivity contribution in [3.63, 3.8) is 0 Å². The van der Waals surface area contributed by atoms with Crippen LogP contribution in [0, 0.1) is 0 Å². The van der Waals surface area contributed by atoms with Crippen molar-refractivity contribution in [3.8, 4) is 5.75 Å². The molecular weight excluding hydrogens is 300 g/mol. The molecule has 5 heteroatoms. The lowest BCUT2D eigenvalue weighted by molar-refractivity contribution is 0.244. The predicted octanol–water partition coefficient (Wildman–Crippen LogP) is 3.56.